The third-order valence-electron chi connectivity index (χ3n) is 14.0. The average molecular weight is 843 g/mol. The van der Waals surface area contributed by atoms with Gasteiger partial charge in [-0.1, -0.05) is 140 Å². The van der Waals surface area contributed by atoms with Crippen molar-refractivity contribution in [3.63, 3.8) is 0 Å². The van der Waals surface area contributed by atoms with Crippen LogP contribution in [0.15, 0.2) is 217 Å². The topological polar surface area (TPSA) is 41.5 Å². The molecule has 306 valence electrons. The summed E-state index contributed by atoms with van der Waals surface area (Å²) in [4.78, 5) is 0. The van der Waals surface area contributed by atoms with Crippen LogP contribution in [0.4, 0.5) is 0 Å². The summed E-state index contributed by atoms with van der Waals surface area (Å²) in [6.45, 7) is -0.359. The minimum atomic E-state index is -0.359. The van der Waals surface area contributed by atoms with E-state index < -0.39 is 0 Å². The van der Waals surface area contributed by atoms with Gasteiger partial charge in [-0.3, -0.25) is 0 Å². The lowest BCUT2D eigenvalue weighted by Gasteiger charge is -2.33. The van der Waals surface area contributed by atoms with E-state index in [0.717, 1.165) is 106 Å². The molecule has 66 heavy (non-hydrogen) atoms. The Labute approximate surface area is 379 Å². The summed E-state index contributed by atoms with van der Waals surface area (Å²) >= 11 is 0. The van der Waals surface area contributed by atoms with Crippen molar-refractivity contribution in [1.29, 1.82) is 0 Å². The highest BCUT2D eigenvalue weighted by Crippen LogP contribution is 2.46. The van der Waals surface area contributed by atoms with Gasteiger partial charge in [0.2, 0.25) is 0 Å². The second-order valence-corrected chi connectivity index (χ2v) is 17.5. The number of rotatable bonds is 4. The van der Waals surface area contributed by atoms with Crippen LogP contribution in [-0.2, 0) is 0 Å². The average Bonchev–Trinajstić information content (AvgIpc) is 4.04. The Morgan fingerprint density at radius 3 is 1.73 bits per heavy atom. The van der Waals surface area contributed by atoms with Gasteiger partial charge in [0.25, 0.3) is 0 Å². The van der Waals surface area contributed by atoms with Crippen molar-refractivity contribution >= 4 is 83.4 Å². The number of aromatic nitrogens is 2. The van der Waals surface area contributed by atoms with Crippen LogP contribution in [0.3, 0.4) is 0 Å². The molecule has 0 bridgehead atoms. The van der Waals surface area contributed by atoms with Crippen LogP contribution in [-0.4, -0.2) is 16.0 Å². The van der Waals surface area contributed by atoms with Crippen molar-refractivity contribution in [2.75, 3.05) is 0 Å². The maximum atomic E-state index is 7.01. The van der Waals surface area contributed by atoms with Gasteiger partial charge in [-0.15, -0.1) is 0 Å². The molecule has 2 aliphatic heterocycles. The van der Waals surface area contributed by atoms with Gasteiger partial charge in [-0.2, -0.15) is 0 Å². The molecule has 0 spiro atoms. The molecule has 0 fully saturated rings. The Balaban J connectivity index is 0.875. The molecule has 0 amide bonds. The molecule has 0 unspecified atom stereocenters. The second kappa shape index (κ2) is 13.4. The summed E-state index contributed by atoms with van der Waals surface area (Å²) in [6, 6.07) is 75.7. The van der Waals surface area contributed by atoms with E-state index in [1.807, 2.05) is 0 Å². The fraction of sp³-hybridized carbons (Fsp3) is 0. The smallest absolute Gasteiger partial charge is 0.434 e. The quantitative estimate of drug-likeness (QED) is 0.166. The van der Waals surface area contributed by atoms with Gasteiger partial charge in [0.1, 0.15) is 22.8 Å². The SMILES string of the molecule is c1cc(-c2ccc3c(c2)B2Oc4ccccc4-c4cc(-c5cccc6oc7c(-n8c9ccccc9c9ccccc98)cccc7c56)cc(c42)O3)cc(-n2c3ccccc3c3ccccc32)c1. The molecule has 0 radical (unpaired) electrons. The predicted octanol–water partition coefficient (Wildman–Crippen LogP) is 14.4. The van der Waals surface area contributed by atoms with Gasteiger partial charge in [0.15, 0.2) is 5.58 Å². The third kappa shape index (κ3) is 4.95. The Morgan fingerprint density at radius 1 is 0.379 bits per heavy atom. The molecule has 5 heterocycles. The van der Waals surface area contributed by atoms with Gasteiger partial charge < -0.3 is 22.9 Å². The molecule has 0 saturated carbocycles. The molecular formula is C60H35BN2O3. The van der Waals surface area contributed by atoms with Crippen molar-refractivity contribution in [3.8, 4) is 62.0 Å². The molecular weight excluding hydrogens is 807 g/mol. The number of furan rings is 1. The zero-order valence-corrected chi connectivity index (χ0v) is 35.4. The molecule has 3 aromatic heterocycles. The number of hydrogen-bond acceptors (Lipinski definition) is 3. The number of nitrogens with zero attached hydrogens (tertiary/aromatic N) is 2. The van der Waals surface area contributed by atoms with E-state index in [-0.39, 0.29) is 6.92 Å². The van der Waals surface area contributed by atoms with E-state index in [2.05, 4.69) is 221 Å². The fourth-order valence-electron chi connectivity index (χ4n) is 11.2. The molecule has 13 aromatic rings. The number of ether oxygens (including phenoxy) is 1. The van der Waals surface area contributed by atoms with Crippen LogP contribution in [0.2, 0.25) is 0 Å². The van der Waals surface area contributed by atoms with Crippen LogP contribution < -0.4 is 20.3 Å². The molecule has 6 heteroatoms. The molecule has 10 aromatic carbocycles. The number of benzene rings is 10. The summed E-state index contributed by atoms with van der Waals surface area (Å²) in [7, 11) is 0. The van der Waals surface area contributed by atoms with Crippen LogP contribution in [0.25, 0.3) is 110 Å². The fourth-order valence-corrected chi connectivity index (χ4v) is 11.2. The first-order valence-electron chi connectivity index (χ1n) is 22.5. The normalized spacial score (nSPS) is 12.8. The van der Waals surface area contributed by atoms with Crippen LogP contribution in [0.5, 0.6) is 17.2 Å². The lowest BCUT2D eigenvalue weighted by Crippen LogP contribution is -2.53. The minimum Gasteiger partial charge on any atom is -0.551 e. The number of hydrogen-bond donors (Lipinski definition) is 0. The first kappa shape index (κ1) is 35.7. The second-order valence-electron chi connectivity index (χ2n) is 17.5. The molecule has 0 saturated heterocycles. The van der Waals surface area contributed by atoms with Crippen molar-refractivity contribution < 1.29 is 13.8 Å². The van der Waals surface area contributed by atoms with E-state index in [9.17, 15) is 0 Å². The molecule has 0 atom stereocenters. The van der Waals surface area contributed by atoms with E-state index in [4.69, 9.17) is 13.8 Å². The zero-order chi connectivity index (χ0) is 43.0. The van der Waals surface area contributed by atoms with Gasteiger partial charge in [-0.05, 0) is 101 Å². The number of para-hydroxylation sites is 6. The Morgan fingerprint density at radius 2 is 0.985 bits per heavy atom. The zero-order valence-electron chi connectivity index (χ0n) is 35.4. The molecule has 0 N–H and O–H groups in total. The Hall–Kier alpha value is -8.74. The van der Waals surface area contributed by atoms with E-state index in [0.29, 0.717) is 0 Å². The standard InChI is InChI=1S/C60H35BN2O3/c1-6-23-49-41(16-1)42-17-2-7-24-50(42)62(49)39-15-11-14-36(32-39)37-30-31-55-48(34-37)61-59-47(45-20-5-10-28-54(45)66-61)33-38(35-57(59)64-55)40-21-13-29-56-58(40)46-22-12-27-53(60(46)65-56)63-51-25-8-3-18-43(51)44-19-4-9-26-52(44)63/h1-35H. The minimum absolute atomic E-state index is 0.359. The van der Waals surface area contributed by atoms with Crippen LogP contribution in [0.1, 0.15) is 0 Å². The van der Waals surface area contributed by atoms with Crippen molar-refractivity contribution in [2.45, 2.75) is 0 Å². The highest BCUT2D eigenvalue weighted by molar-refractivity contribution is 6.84. The summed E-state index contributed by atoms with van der Waals surface area (Å²) in [5, 5.41) is 7.06. The summed E-state index contributed by atoms with van der Waals surface area (Å²) in [5.41, 5.74) is 17.0. The first-order chi connectivity index (χ1) is 32.7. The molecule has 2 aliphatic rings. The van der Waals surface area contributed by atoms with Gasteiger partial charge in [0, 0.05) is 54.5 Å². The van der Waals surface area contributed by atoms with E-state index >= 15 is 0 Å². The van der Waals surface area contributed by atoms with Crippen molar-refractivity contribution in [2.24, 2.45) is 0 Å². The third-order valence-corrected chi connectivity index (χ3v) is 14.0. The maximum absolute atomic E-state index is 7.01. The highest BCUT2D eigenvalue weighted by atomic mass is 16.5. The van der Waals surface area contributed by atoms with Crippen molar-refractivity contribution in [3.05, 3.63) is 212 Å². The summed E-state index contributed by atoms with van der Waals surface area (Å²) in [6.07, 6.45) is 0. The monoisotopic (exact) mass is 842 g/mol. The first-order valence-corrected chi connectivity index (χ1v) is 22.5. The van der Waals surface area contributed by atoms with Crippen LogP contribution in [0, 0.1) is 0 Å². The highest BCUT2D eigenvalue weighted by Gasteiger charge is 2.41. The maximum Gasteiger partial charge on any atom is 0.434 e. The summed E-state index contributed by atoms with van der Waals surface area (Å²) in [5.74, 6) is 2.44. The summed E-state index contributed by atoms with van der Waals surface area (Å²) < 4.78 is 25.6. The lowest BCUT2D eigenvalue weighted by atomic mass is 9.50. The predicted molar refractivity (Wildman–Crippen MR) is 271 cm³/mol. The van der Waals surface area contributed by atoms with E-state index in [1.54, 1.807) is 0 Å². The molecule has 5 nitrogen and oxygen atoms in total. The van der Waals surface area contributed by atoms with Gasteiger partial charge in [-0.25, -0.2) is 0 Å². The van der Waals surface area contributed by atoms with E-state index in [1.165, 1.54) is 32.6 Å². The van der Waals surface area contributed by atoms with Crippen molar-refractivity contribution in [1.82, 2.24) is 9.13 Å². The Bertz CT molecular complexity index is 4100. The Kier molecular flexibility index (Phi) is 7.24. The van der Waals surface area contributed by atoms with Gasteiger partial charge in [0.05, 0.1) is 27.8 Å². The number of fused-ring (bicyclic) bond motifs is 13. The largest absolute Gasteiger partial charge is 0.551 e. The lowest BCUT2D eigenvalue weighted by molar-refractivity contribution is 0.479. The van der Waals surface area contributed by atoms with Gasteiger partial charge >= 0.3 is 6.92 Å². The molecule has 0 aliphatic carbocycles. The molecule has 15 rings (SSSR count). The van der Waals surface area contributed by atoms with Crippen LogP contribution >= 0.6 is 0 Å².